The summed E-state index contributed by atoms with van der Waals surface area (Å²) in [5, 5.41) is 20.5. The molecule has 0 saturated heterocycles. The van der Waals surface area contributed by atoms with Crippen LogP contribution in [0.4, 0.5) is 0 Å². The van der Waals surface area contributed by atoms with Crippen LogP contribution in [0.3, 0.4) is 0 Å². The molecule has 9 heteroatoms. The fraction of sp³-hybridized carbons (Fsp3) is 0. The Morgan fingerprint density at radius 3 is 1.65 bits per heavy atom. The van der Waals surface area contributed by atoms with E-state index in [1.54, 1.807) is 0 Å². The van der Waals surface area contributed by atoms with E-state index in [1.807, 2.05) is 12.1 Å². The van der Waals surface area contributed by atoms with Crippen LogP contribution in [-0.2, 0) is 0 Å². The van der Waals surface area contributed by atoms with Crippen LogP contribution in [0.25, 0.3) is 0 Å². The number of aromatic nitrogens is 4. The van der Waals surface area contributed by atoms with Crippen molar-refractivity contribution in [2.45, 2.75) is 20.1 Å². The van der Waals surface area contributed by atoms with Crippen molar-refractivity contribution in [3.63, 3.8) is 0 Å². The normalized spacial score (nSPS) is 12.1. The van der Waals surface area contributed by atoms with Gasteiger partial charge in [-0.05, 0) is 23.5 Å². The minimum Gasteiger partial charge on any atom is -0.224 e. The molecular weight excluding hydrogens is 276 g/mol. The van der Waals surface area contributed by atoms with Crippen molar-refractivity contribution >= 4 is 35.3 Å². The van der Waals surface area contributed by atoms with Crippen molar-refractivity contribution in [3.05, 3.63) is 11.4 Å². The molecule has 0 atom stereocenters. The molecule has 80 valence electrons. The molecule has 3 heterocycles. The first kappa shape index (κ1) is 10.5. The number of nitriles is 2. The highest BCUT2D eigenvalue weighted by molar-refractivity contribution is 8.05. The highest BCUT2D eigenvalue weighted by Gasteiger charge is 2.25. The van der Waals surface area contributed by atoms with Crippen LogP contribution in [-0.4, -0.2) is 18.7 Å². The molecule has 0 amide bonds. The van der Waals surface area contributed by atoms with Gasteiger partial charge in [0.15, 0.2) is 21.4 Å². The van der Waals surface area contributed by atoms with E-state index >= 15 is 0 Å². The van der Waals surface area contributed by atoms with Gasteiger partial charge in [0.05, 0.1) is 11.7 Å². The Bertz CT molecular complexity index is 637. The SMILES string of the molecule is N#Cc1nc2c(nc1C#N)Sc1nsnc1S2. The zero-order valence-corrected chi connectivity index (χ0v) is 10.4. The Hall–Kier alpha value is -1.68. The summed E-state index contributed by atoms with van der Waals surface area (Å²) in [5.74, 6) is 0. The van der Waals surface area contributed by atoms with Crippen molar-refractivity contribution in [1.82, 2.24) is 18.7 Å². The van der Waals surface area contributed by atoms with Gasteiger partial charge in [-0.2, -0.15) is 19.3 Å². The third kappa shape index (κ3) is 1.65. The van der Waals surface area contributed by atoms with Crippen LogP contribution in [0.2, 0.25) is 0 Å². The lowest BCUT2D eigenvalue weighted by Gasteiger charge is -2.10. The minimum absolute atomic E-state index is 0.0472. The Kier molecular flexibility index (Phi) is 2.44. The summed E-state index contributed by atoms with van der Waals surface area (Å²) >= 11 is 3.76. The van der Waals surface area contributed by atoms with Crippen LogP contribution in [0.5, 0.6) is 0 Å². The number of nitrogens with zero attached hydrogens (tertiary/aromatic N) is 6. The van der Waals surface area contributed by atoms with Gasteiger partial charge in [0.25, 0.3) is 0 Å². The maximum atomic E-state index is 8.86. The van der Waals surface area contributed by atoms with E-state index in [9.17, 15) is 0 Å². The van der Waals surface area contributed by atoms with E-state index in [2.05, 4.69) is 18.7 Å². The molecule has 3 rings (SSSR count). The van der Waals surface area contributed by atoms with Crippen molar-refractivity contribution in [2.75, 3.05) is 0 Å². The summed E-state index contributed by atoms with van der Waals surface area (Å²) < 4.78 is 8.22. The number of fused-ring (bicyclic) bond motifs is 2. The fourth-order valence-electron chi connectivity index (χ4n) is 1.17. The molecule has 2 aromatic heterocycles. The standard InChI is InChI=1S/C8N6S3/c9-1-3-4(2-10)12-6-5(11-3)15-7-8(16-6)14-17-13-7. The molecule has 1 aliphatic heterocycles. The van der Waals surface area contributed by atoms with E-state index in [0.717, 1.165) is 21.8 Å². The van der Waals surface area contributed by atoms with Gasteiger partial charge < -0.3 is 0 Å². The Morgan fingerprint density at radius 1 is 0.765 bits per heavy atom. The molecule has 17 heavy (non-hydrogen) atoms. The average molecular weight is 276 g/mol. The second kappa shape index (κ2) is 3.96. The predicted octanol–water partition coefficient (Wildman–Crippen LogP) is 1.69. The van der Waals surface area contributed by atoms with Gasteiger partial charge in [-0.15, -0.1) is 0 Å². The highest BCUT2D eigenvalue weighted by atomic mass is 32.2. The first-order chi connectivity index (χ1) is 8.31. The molecule has 0 spiro atoms. The molecule has 0 N–H and O–H groups in total. The smallest absolute Gasteiger partial charge is 0.178 e. The molecule has 0 radical (unpaired) electrons. The van der Waals surface area contributed by atoms with Crippen molar-refractivity contribution in [3.8, 4) is 12.1 Å². The van der Waals surface area contributed by atoms with E-state index in [-0.39, 0.29) is 11.4 Å². The monoisotopic (exact) mass is 276 g/mol. The van der Waals surface area contributed by atoms with Gasteiger partial charge >= 0.3 is 0 Å². The maximum absolute atomic E-state index is 8.86. The largest absolute Gasteiger partial charge is 0.224 e. The molecule has 0 aromatic carbocycles. The first-order valence-corrected chi connectivity index (χ1v) is 6.58. The Balaban J connectivity index is 2.16. The Morgan fingerprint density at radius 2 is 1.24 bits per heavy atom. The fourth-order valence-corrected chi connectivity index (χ4v) is 3.82. The summed E-state index contributed by atoms with van der Waals surface area (Å²) in [5.41, 5.74) is 0.0944. The van der Waals surface area contributed by atoms with Gasteiger partial charge in [0, 0.05) is 0 Å². The lowest BCUT2D eigenvalue weighted by molar-refractivity contribution is 0.873. The van der Waals surface area contributed by atoms with Crippen molar-refractivity contribution < 1.29 is 0 Å². The van der Waals surface area contributed by atoms with Crippen LogP contribution < -0.4 is 0 Å². The van der Waals surface area contributed by atoms with Gasteiger partial charge in [0.1, 0.15) is 22.2 Å². The van der Waals surface area contributed by atoms with Crippen LogP contribution in [0.15, 0.2) is 20.1 Å². The van der Waals surface area contributed by atoms with E-state index in [1.165, 1.54) is 23.5 Å². The second-order valence-corrected chi connectivity index (χ2v) is 5.32. The van der Waals surface area contributed by atoms with Gasteiger partial charge in [0.2, 0.25) is 0 Å². The molecule has 0 bridgehead atoms. The molecule has 2 aromatic rings. The number of hydrogen-bond acceptors (Lipinski definition) is 9. The van der Waals surface area contributed by atoms with Crippen molar-refractivity contribution in [2.24, 2.45) is 0 Å². The van der Waals surface area contributed by atoms with Crippen LogP contribution in [0, 0.1) is 22.7 Å². The van der Waals surface area contributed by atoms with Crippen LogP contribution >= 0.6 is 35.3 Å². The van der Waals surface area contributed by atoms with Gasteiger partial charge in [-0.25, -0.2) is 9.97 Å². The zero-order chi connectivity index (χ0) is 11.8. The van der Waals surface area contributed by atoms with Crippen molar-refractivity contribution in [1.29, 1.82) is 10.5 Å². The van der Waals surface area contributed by atoms with Gasteiger partial charge in [-0.3, -0.25) is 0 Å². The summed E-state index contributed by atoms with van der Waals surface area (Å²) in [6.45, 7) is 0. The minimum atomic E-state index is 0.0472. The molecule has 0 fully saturated rings. The van der Waals surface area contributed by atoms with E-state index in [4.69, 9.17) is 10.5 Å². The third-order valence-electron chi connectivity index (χ3n) is 1.86. The first-order valence-electron chi connectivity index (χ1n) is 4.22. The summed E-state index contributed by atoms with van der Waals surface area (Å²) in [4.78, 5) is 8.23. The number of hydrogen-bond donors (Lipinski definition) is 0. The average Bonchev–Trinajstić information content (AvgIpc) is 2.81. The van der Waals surface area contributed by atoms with E-state index in [0.29, 0.717) is 10.1 Å². The highest BCUT2D eigenvalue weighted by Crippen LogP contribution is 2.45. The zero-order valence-electron chi connectivity index (χ0n) is 7.91. The molecule has 6 nitrogen and oxygen atoms in total. The summed E-state index contributed by atoms with van der Waals surface area (Å²) in [6.07, 6.45) is 0. The lowest BCUT2D eigenvalue weighted by atomic mass is 10.3. The van der Waals surface area contributed by atoms with Gasteiger partial charge in [-0.1, -0.05) is 0 Å². The Labute approximate surface area is 108 Å². The second-order valence-electron chi connectivity index (χ2n) is 2.83. The molecule has 0 aliphatic carbocycles. The molecular formula is C8N6S3. The van der Waals surface area contributed by atoms with Crippen LogP contribution in [0.1, 0.15) is 11.4 Å². The molecule has 0 saturated carbocycles. The number of rotatable bonds is 0. The summed E-state index contributed by atoms with van der Waals surface area (Å²) in [6, 6.07) is 3.72. The lowest BCUT2D eigenvalue weighted by Crippen LogP contribution is -2.01. The molecule has 1 aliphatic rings. The van der Waals surface area contributed by atoms with E-state index < -0.39 is 0 Å². The topological polar surface area (TPSA) is 99.1 Å². The molecule has 0 unspecified atom stereocenters. The maximum Gasteiger partial charge on any atom is 0.178 e. The third-order valence-corrected chi connectivity index (χ3v) is 4.79. The quantitative estimate of drug-likeness (QED) is 0.611. The summed E-state index contributed by atoms with van der Waals surface area (Å²) in [7, 11) is 0. The predicted molar refractivity (Wildman–Crippen MR) is 59.6 cm³/mol.